The van der Waals surface area contributed by atoms with Crippen LogP contribution in [0.2, 0.25) is 0 Å². The van der Waals surface area contributed by atoms with E-state index < -0.39 is 4.92 Å². The van der Waals surface area contributed by atoms with Gasteiger partial charge in [0, 0.05) is 24.2 Å². The number of non-ortho nitro benzene ring substituents is 1. The van der Waals surface area contributed by atoms with Gasteiger partial charge in [-0.05, 0) is 23.8 Å². The van der Waals surface area contributed by atoms with Crippen molar-refractivity contribution in [1.29, 1.82) is 0 Å². The quantitative estimate of drug-likeness (QED) is 0.652. The van der Waals surface area contributed by atoms with Crippen molar-refractivity contribution in [3.05, 3.63) is 63.7 Å². The van der Waals surface area contributed by atoms with Gasteiger partial charge in [0.1, 0.15) is 18.1 Å². The minimum Gasteiger partial charge on any atom is -0.496 e. The fraction of sp³-hybridized carbons (Fsp3) is 0.200. The Bertz CT molecular complexity index is 626. The number of methoxy groups -OCH3 is 1. The molecule has 6 heteroatoms. The summed E-state index contributed by atoms with van der Waals surface area (Å²) in [6.07, 6.45) is 0. The van der Waals surface area contributed by atoms with Gasteiger partial charge in [-0.1, -0.05) is 12.1 Å². The second-order valence-corrected chi connectivity index (χ2v) is 4.39. The van der Waals surface area contributed by atoms with Gasteiger partial charge in [-0.3, -0.25) is 10.1 Å². The Kier molecular flexibility index (Phi) is 4.73. The first-order valence-electron chi connectivity index (χ1n) is 6.37. The maximum absolute atomic E-state index is 10.8. The molecule has 0 fully saturated rings. The van der Waals surface area contributed by atoms with Gasteiger partial charge >= 0.3 is 0 Å². The fourth-order valence-corrected chi connectivity index (χ4v) is 1.87. The zero-order valence-electron chi connectivity index (χ0n) is 11.6. The standard InChI is InChI=1S/C15H16N2O4/c1-20-15-7-4-13(17(18)19)8-12(15)10-21-14-5-2-11(9-16)3-6-14/h2-8H,9-10,16H2,1H3. The number of rotatable bonds is 6. The highest BCUT2D eigenvalue weighted by Crippen LogP contribution is 2.25. The van der Waals surface area contributed by atoms with Crippen molar-refractivity contribution in [1.82, 2.24) is 0 Å². The predicted octanol–water partition coefficient (Wildman–Crippen LogP) is 2.64. The summed E-state index contributed by atoms with van der Waals surface area (Å²) in [6.45, 7) is 0.659. The van der Waals surface area contributed by atoms with Crippen molar-refractivity contribution < 1.29 is 14.4 Å². The third-order valence-corrected chi connectivity index (χ3v) is 3.03. The van der Waals surface area contributed by atoms with E-state index in [1.54, 1.807) is 6.07 Å². The highest BCUT2D eigenvalue weighted by Gasteiger charge is 2.11. The van der Waals surface area contributed by atoms with E-state index in [0.29, 0.717) is 23.6 Å². The van der Waals surface area contributed by atoms with Crippen LogP contribution in [0.5, 0.6) is 11.5 Å². The van der Waals surface area contributed by atoms with E-state index in [0.717, 1.165) is 5.56 Å². The van der Waals surface area contributed by atoms with E-state index >= 15 is 0 Å². The van der Waals surface area contributed by atoms with Gasteiger partial charge in [-0.2, -0.15) is 0 Å². The normalized spacial score (nSPS) is 10.2. The maximum atomic E-state index is 10.8. The monoisotopic (exact) mass is 288 g/mol. The molecule has 0 aliphatic rings. The van der Waals surface area contributed by atoms with Gasteiger partial charge in [0.15, 0.2) is 0 Å². The zero-order valence-corrected chi connectivity index (χ0v) is 11.6. The zero-order chi connectivity index (χ0) is 15.2. The Hall–Kier alpha value is -2.60. The molecule has 0 aliphatic heterocycles. The van der Waals surface area contributed by atoms with E-state index in [2.05, 4.69) is 0 Å². The molecule has 0 aromatic heterocycles. The van der Waals surface area contributed by atoms with Crippen LogP contribution in [-0.2, 0) is 13.2 Å². The fourth-order valence-electron chi connectivity index (χ4n) is 1.87. The Morgan fingerprint density at radius 1 is 1.19 bits per heavy atom. The van der Waals surface area contributed by atoms with Crippen molar-refractivity contribution in [3.63, 3.8) is 0 Å². The smallest absolute Gasteiger partial charge is 0.270 e. The molecule has 0 aliphatic carbocycles. The largest absolute Gasteiger partial charge is 0.496 e. The van der Waals surface area contributed by atoms with E-state index in [1.807, 2.05) is 24.3 Å². The first kappa shape index (κ1) is 14.8. The summed E-state index contributed by atoms with van der Waals surface area (Å²) < 4.78 is 10.8. The molecule has 0 amide bonds. The number of benzene rings is 2. The molecule has 2 aromatic carbocycles. The summed E-state index contributed by atoms with van der Waals surface area (Å²) in [5, 5.41) is 10.8. The molecule has 0 spiro atoms. The average molecular weight is 288 g/mol. The minimum atomic E-state index is -0.445. The molecule has 0 unspecified atom stereocenters. The summed E-state index contributed by atoms with van der Waals surface area (Å²) in [5.74, 6) is 1.22. The topological polar surface area (TPSA) is 87.6 Å². The van der Waals surface area contributed by atoms with Crippen molar-refractivity contribution in [2.75, 3.05) is 7.11 Å². The summed E-state index contributed by atoms with van der Waals surface area (Å²) in [4.78, 5) is 10.4. The van der Waals surface area contributed by atoms with Crippen molar-refractivity contribution in [2.45, 2.75) is 13.2 Å². The van der Waals surface area contributed by atoms with Crippen LogP contribution in [0.4, 0.5) is 5.69 Å². The Morgan fingerprint density at radius 3 is 2.48 bits per heavy atom. The maximum Gasteiger partial charge on any atom is 0.270 e. The predicted molar refractivity (Wildman–Crippen MR) is 78.3 cm³/mol. The molecule has 0 saturated heterocycles. The van der Waals surface area contributed by atoms with Crippen LogP contribution in [0.1, 0.15) is 11.1 Å². The van der Waals surface area contributed by atoms with Crippen LogP contribution in [-0.4, -0.2) is 12.0 Å². The van der Waals surface area contributed by atoms with Gasteiger partial charge in [0.2, 0.25) is 0 Å². The summed E-state index contributed by atoms with van der Waals surface area (Å²) in [6, 6.07) is 11.8. The average Bonchev–Trinajstić information content (AvgIpc) is 2.53. The lowest BCUT2D eigenvalue weighted by Gasteiger charge is -2.10. The van der Waals surface area contributed by atoms with Gasteiger partial charge < -0.3 is 15.2 Å². The number of ether oxygens (including phenoxy) is 2. The Labute approximate surface area is 122 Å². The minimum absolute atomic E-state index is 0.00730. The lowest BCUT2D eigenvalue weighted by Crippen LogP contribution is -2.01. The number of nitrogens with zero attached hydrogens (tertiary/aromatic N) is 1. The molecule has 0 heterocycles. The molecule has 2 N–H and O–H groups in total. The summed E-state index contributed by atoms with van der Waals surface area (Å²) in [5.41, 5.74) is 7.16. The van der Waals surface area contributed by atoms with Crippen LogP contribution in [0.15, 0.2) is 42.5 Å². The lowest BCUT2D eigenvalue weighted by molar-refractivity contribution is -0.385. The number of nitro groups is 1. The van der Waals surface area contributed by atoms with E-state index in [-0.39, 0.29) is 12.3 Å². The lowest BCUT2D eigenvalue weighted by atomic mass is 10.2. The van der Waals surface area contributed by atoms with E-state index in [4.69, 9.17) is 15.2 Å². The van der Waals surface area contributed by atoms with Crippen molar-refractivity contribution in [2.24, 2.45) is 5.73 Å². The first-order valence-corrected chi connectivity index (χ1v) is 6.37. The van der Waals surface area contributed by atoms with E-state index in [9.17, 15) is 10.1 Å². The highest BCUT2D eigenvalue weighted by atomic mass is 16.6. The molecular weight excluding hydrogens is 272 g/mol. The molecule has 6 nitrogen and oxygen atoms in total. The van der Waals surface area contributed by atoms with Gasteiger partial charge in [0.05, 0.1) is 12.0 Å². The van der Waals surface area contributed by atoms with E-state index in [1.165, 1.54) is 19.2 Å². The number of hydrogen-bond donors (Lipinski definition) is 1. The van der Waals surface area contributed by atoms with Crippen molar-refractivity contribution in [3.8, 4) is 11.5 Å². The first-order chi connectivity index (χ1) is 10.1. The Balaban J connectivity index is 2.13. The second kappa shape index (κ2) is 6.71. The van der Waals surface area contributed by atoms with Crippen LogP contribution >= 0.6 is 0 Å². The van der Waals surface area contributed by atoms with Gasteiger partial charge in [-0.25, -0.2) is 0 Å². The molecule has 0 atom stereocenters. The summed E-state index contributed by atoms with van der Waals surface area (Å²) in [7, 11) is 1.51. The third-order valence-electron chi connectivity index (χ3n) is 3.03. The number of hydrogen-bond acceptors (Lipinski definition) is 5. The van der Waals surface area contributed by atoms with Crippen molar-refractivity contribution >= 4 is 5.69 Å². The Morgan fingerprint density at radius 2 is 1.90 bits per heavy atom. The molecule has 2 rings (SSSR count). The molecule has 0 bridgehead atoms. The number of nitrogens with two attached hydrogens (primary N) is 1. The SMILES string of the molecule is COc1ccc([N+](=O)[O-])cc1COc1ccc(CN)cc1. The second-order valence-electron chi connectivity index (χ2n) is 4.39. The summed E-state index contributed by atoms with van der Waals surface area (Å²) >= 11 is 0. The molecule has 110 valence electrons. The van der Waals surface area contributed by atoms with Crippen LogP contribution in [0.3, 0.4) is 0 Å². The van der Waals surface area contributed by atoms with Crippen LogP contribution in [0, 0.1) is 10.1 Å². The number of nitro benzene ring substituents is 1. The molecule has 2 aromatic rings. The molecule has 0 radical (unpaired) electrons. The molecular formula is C15H16N2O4. The third kappa shape index (κ3) is 3.70. The van der Waals surface area contributed by atoms with Crippen LogP contribution in [0.25, 0.3) is 0 Å². The van der Waals surface area contributed by atoms with Gasteiger partial charge in [-0.15, -0.1) is 0 Å². The highest BCUT2D eigenvalue weighted by molar-refractivity contribution is 5.43. The molecule has 21 heavy (non-hydrogen) atoms. The van der Waals surface area contributed by atoms with Gasteiger partial charge in [0.25, 0.3) is 5.69 Å². The van der Waals surface area contributed by atoms with Crippen LogP contribution < -0.4 is 15.2 Å². The molecule has 0 saturated carbocycles.